The summed E-state index contributed by atoms with van der Waals surface area (Å²) in [5.74, 6) is 0. The summed E-state index contributed by atoms with van der Waals surface area (Å²) in [6.45, 7) is 2.05. The first kappa shape index (κ1) is 7.98. The molecule has 0 aliphatic carbocycles. The minimum Gasteiger partial charge on any atom is -0.367 e. The van der Waals surface area contributed by atoms with Crippen LogP contribution < -0.4 is 5.73 Å². The van der Waals surface area contributed by atoms with Gasteiger partial charge in [0.25, 0.3) is 0 Å². The van der Waals surface area contributed by atoms with Crippen LogP contribution in [0.4, 0.5) is 0 Å². The van der Waals surface area contributed by atoms with Crippen molar-refractivity contribution in [1.82, 2.24) is 0 Å². The van der Waals surface area contributed by atoms with Crippen LogP contribution in [0.15, 0.2) is 0 Å². The van der Waals surface area contributed by atoms with Gasteiger partial charge in [0.2, 0.25) is 0 Å². The van der Waals surface area contributed by atoms with Crippen LogP contribution in [-0.4, -0.2) is 23.5 Å². The lowest BCUT2D eigenvalue weighted by molar-refractivity contribution is -0.172. The highest BCUT2D eigenvalue weighted by atomic mass is 16.6. The quantitative estimate of drug-likeness (QED) is 0.555. The average Bonchev–Trinajstić information content (AvgIpc) is 1.95. The van der Waals surface area contributed by atoms with E-state index >= 15 is 0 Å². The molecule has 1 rings (SSSR count). The lowest BCUT2D eigenvalue weighted by atomic mass is 10.0. The number of nitrogens with two attached hydrogens (primary N) is 1. The number of rotatable bonds is 1. The van der Waals surface area contributed by atoms with E-state index in [1.165, 1.54) is 0 Å². The van der Waals surface area contributed by atoms with E-state index in [0.29, 0.717) is 0 Å². The second-order valence-corrected chi connectivity index (χ2v) is 2.80. The molecule has 0 saturated carbocycles. The van der Waals surface area contributed by atoms with Crippen LogP contribution >= 0.6 is 0 Å². The molecule has 3 unspecified atom stereocenters. The normalized spacial score (nSPS) is 41.7. The molecule has 10 heavy (non-hydrogen) atoms. The zero-order valence-electron chi connectivity index (χ0n) is 6.29. The van der Waals surface area contributed by atoms with E-state index in [2.05, 4.69) is 0 Å². The van der Waals surface area contributed by atoms with Crippen molar-refractivity contribution in [2.24, 2.45) is 5.73 Å². The minimum absolute atomic E-state index is 0.178. The third-order valence-electron chi connectivity index (χ3n) is 1.98. The van der Waals surface area contributed by atoms with Crippen molar-refractivity contribution in [3.05, 3.63) is 0 Å². The van der Waals surface area contributed by atoms with E-state index < -0.39 is 6.29 Å². The van der Waals surface area contributed by atoms with Gasteiger partial charge < -0.3 is 15.6 Å². The average molecular weight is 145 g/mol. The van der Waals surface area contributed by atoms with E-state index in [4.69, 9.17) is 15.6 Å². The van der Waals surface area contributed by atoms with Crippen LogP contribution in [0.2, 0.25) is 0 Å². The molecule has 0 radical (unpaired) electrons. The second kappa shape index (κ2) is 3.32. The van der Waals surface area contributed by atoms with Gasteiger partial charge in [0.1, 0.15) is 0 Å². The zero-order chi connectivity index (χ0) is 7.56. The summed E-state index contributed by atoms with van der Waals surface area (Å²) in [6.07, 6.45) is 2.30. The van der Waals surface area contributed by atoms with E-state index in [1.54, 1.807) is 0 Å². The number of aliphatic hydroxyl groups is 1. The molecule has 1 heterocycles. The molecule has 3 N–H and O–H groups in total. The first-order valence-corrected chi connectivity index (χ1v) is 3.83. The predicted molar refractivity (Wildman–Crippen MR) is 38.4 cm³/mol. The van der Waals surface area contributed by atoms with Gasteiger partial charge in [-0.05, 0) is 19.3 Å². The van der Waals surface area contributed by atoms with Crippen LogP contribution in [0.5, 0.6) is 0 Å². The summed E-state index contributed by atoms with van der Waals surface area (Å²) in [6, 6.07) is -0.178. The van der Waals surface area contributed by atoms with Crippen molar-refractivity contribution in [2.75, 3.05) is 0 Å². The topological polar surface area (TPSA) is 55.5 Å². The van der Waals surface area contributed by atoms with Gasteiger partial charge >= 0.3 is 0 Å². The largest absolute Gasteiger partial charge is 0.367 e. The second-order valence-electron chi connectivity index (χ2n) is 2.80. The summed E-state index contributed by atoms with van der Waals surface area (Å²) in [4.78, 5) is 0. The number of hydrogen-bond donors (Lipinski definition) is 2. The molecule has 1 saturated heterocycles. The van der Waals surface area contributed by atoms with E-state index in [1.807, 2.05) is 6.92 Å². The van der Waals surface area contributed by atoms with E-state index in [-0.39, 0.29) is 12.1 Å². The van der Waals surface area contributed by atoms with Crippen LogP contribution in [0.1, 0.15) is 26.2 Å². The van der Waals surface area contributed by atoms with Crippen molar-refractivity contribution in [3.8, 4) is 0 Å². The SMILES string of the molecule is CCC1CCC(N)C(O)O1. The fourth-order valence-corrected chi connectivity index (χ4v) is 1.19. The molecule has 1 aliphatic heterocycles. The minimum atomic E-state index is -0.737. The summed E-state index contributed by atoms with van der Waals surface area (Å²) < 4.78 is 5.18. The highest BCUT2D eigenvalue weighted by molar-refractivity contribution is 4.74. The van der Waals surface area contributed by atoms with Crippen molar-refractivity contribution in [1.29, 1.82) is 0 Å². The maximum absolute atomic E-state index is 9.13. The van der Waals surface area contributed by atoms with Crippen molar-refractivity contribution in [2.45, 2.75) is 44.6 Å². The maximum Gasteiger partial charge on any atom is 0.170 e. The lowest BCUT2D eigenvalue weighted by Gasteiger charge is -2.30. The Morgan fingerprint density at radius 3 is 2.80 bits per heavy atom. The third kappa shape index (κ3) is 1.68. The predicted octanol–water partition coefficient (Wildman–Crippen LogP) is 0.221. The van der Waals surface area contributed by atoms with Gasteiger partial charge in [-0.1, -0.05) is 6.92 Å². The van der Waals surface area contributed by atoms with Crippen LogP contribution in [0.25, 0.3) is 0 Å². The molecule has 0 spiro atoms. The fourth-order valence-electron chi connectivity index (χ4n) is 1.19. The molecule has 0 aromatic heterocycles. The highest BCUT2D eigenvalue weighted by Gasteiger charge is 2.25. The van der Waals surface area contributed by atoms with E-state index in [9.17, 15) is 0 Å². The third-order valence-corrected chi connectivity index (χ3v) is 1.98. The smallest absolute Gasteiger partial charge is 0.170 e. The Morgan fingerprint density at radius 2 is 2.30 bits per heavy atom. The standard InChI is InChI=1S/C7H15NO2/c1-2-5-3-4-6(8)7(9)10-5/h5-7,9H,2-4,8H2,1H3. The summed E-state index contributed by atoms with van der Waals surface area (Å²) in [7, 11) is 0. The zero-order valence-corrected chi connectivity index (χ0v) is 6.29. The Kier molecular flexibility index (Phi) is 2.65. The van der Waals surface area contributed by atoms with Crippen LogP contribution in [0.3, 0.4) is 0 Å². The van der Waals surface area contributed by atoms with Gasteiger partial charge in [-0.2, -0.15) is 0 Å². The summed E-state index contributed by atoms with van der Waals surface area (Å²) in [5, 5.41) is 9.13. The van der Waals surface area contributed by atoms with Gasteiger partial charge in [0, 0.05) is 0 Å². The first-order valence-electron chi connectivity index (χ1n) is 3.83. The Labute approximate surface area is 61.2 Å². The van der Waals surface area contributed by atoms with E-state index in [0.717, 1.165) is 19.3 Å². The highest BCUT2D eigenvalue weighted by Crippen LogP contribution is 2.18. The number of hydrogen-bond acceptors (Lipinski definition) is 3. The fraction of sp³-hybridized carbons (Fsp3) is 1.00. The molecule has 0 aromatic carbocycles. The van der Waals surface area contributed by atoms with Gasteiger partial charge in [0.05, 0.1) is 12.1 Å². The molecule has 0 amide bonds. The van der Waals surface area contributed by atoms with Gasteiger partial charge in [0.15, 0.2) is 6.29 Å². The van der Waals surface area contributed by atoms with Crippen LogP contribution in [-0.2, 0) is 4.74 Å². The first-order chi connectivity index (χ1) is 4.74. The lowest BCUT2D eigenvalue weighted by Crippen LogP contribution is -2.43. The molecule has 60 valence electrons. The molecule has 3 nitrogen and oxygen atoms in total. The number of ether oxygens (including phenoxy) is 1. The Bertz CT molecular complexity index is 108. The Hall–Kier alpha value is -0.120. The molecule has 1 fully saturated rings. The van der Waals surface area contributed by atoms with Gasteiger partial charge in [-0.25, -0.2) is 0 Å². The summed E-state index contributed by atoms with van der Waals surface area (Å²) in [5.41, 5.74) is 5.52. The maximum atomic E-state index is 9.13. The molecule has 0 bridgehead atoms. The Balaban J connectivity index is 2.33. The van der Waals surface area contributed by atoms with Crippen LogP contribution in [0, 0.1) is 0 Å². The molecule has 0 aromatic rings. The Morgan fingerprint density at radius 1 is 1.60 bits per heavy atom. The van der Waals surface area contributed by atoms with Gasteiger partial charge in [-0.3, -0.25) is 0 Å². The van der Waals surface area contributed by atoms with Gasteiger partial charge in [-0.15, -0.1) is 0 Å². The molecular formula is C7H15NO2. The van der Waals surface area contributed by atoms with Crippen molar-refractivity contribution < 1.29 is 9.84 Å². The number of aliphatic hydroxyl groups excluding tert-OH is 1. The molecule has 3 atom stereocenters. The van der Waals surface area contributed by atoms with Crippen molar-refractivity contribution >= 4 is 0 Å². The monoisotopic (exact) mass is 145 g/mol. The molecule has 1 aliphatic rings. The molecular weight excluding hydrogens is 130 g/mol. The molecule has 3 heteroatoms. The van der Waals surface area contributed by atoms with Crippen molar-refractivity contribution in [3.63, 3.8) is 0 Å². The summed E-state index contributed by atoms with van der Waals surface area (Å²) >= 11 is 0.